The van der Waals surface area contributed by atoms with Gasteiger partial charge in [0.2, 0.25) is 0 Å². The minimum absolute atomic E-state index is 0.123. The number of morpholine rings is 1. The van der Waals surface area contributed by atoms with Gasteiger partial charge in [0, 0.05) is 32.2 Å². The van der Waals surface area contributed by atoms with Crippen molar-refractivity contribution in [1.82, 2.24) is 9.80 Å². The van der Waals surface area contributed by atoms with E-state index < -0.39 is 5.97 Å². The molecule has 0 saturated carbocycles. The van der Waals surface area contributed by atoms with Crippen LogP contribution >= 0.6 is 0 Å². The maximum atomic E-state index is 10.6. The molecule has 0 amide bonds. The molecule has 2 saturated heterocycles. The van der Waals surface area contributed by atoms with Crippen LogP contribution < -0.4 is 0 Å². The second kappa shape index (κ2) is 4.47. The molecule has 1 unspecified atom stereocenters. The lowest BCUT2D eigenvalue weighted by Crippen LogP contribution is -2.61. The fourth-order valence-corrected chi connectivity index (χ4v) is 2.29. The Hall–Kier alpha value is -0.650. The van der Waals surface area contributed by atoms with Crippen molar-refractivity contribution in [2.75, 3.05) is 39.8 Å². The van der Waals surface area contributed by atoms with E-state index in [4.69, 9.17) is 9.84 Å². The van der Waals surface area contributed by atoms with Gasteiger partial charge in [-0.1, -0.05) is 0 Å². The number of likely N-dealkylation sites (N-methyl/N-ethyl adjacent to an activating group) is 1. The molecule has 15 heavy (non-hydrogen) atoms. The molecule has 2 fully saturated rings. The number of hydrogen-bond acceptors (Lipinski definition) is 4. The van der Waals surface area contributed by atoms with E-state index in [-0.39, 0.29) is 12.5 Å². The van der Waals surface area contributed by atoms with Gasteiger partial charge >= 0.3 is 5.97 Å². The normalized spacial score (nSPS) is 30.1. The van der Waals surface area contributed by atoms with Gasteiger partial charge < -0.3 is 14.7 Å². The first-order valence-corrected chi connectivity index (χ1v) is 5.41. The number of carboxylic acids is 1. The Labute approximate surface area is 89.6 Å². The predicted octanol–water partition coefficient (Wildman–Crippen LogP) is -0.524. The van der Waals surface area contributed by atoms with Crippen LogP contribution in [0.5, 0.6) is 0 Å². The number of carbonyl (C=O) groups is 1. The van der Waals surface area contributed by atoms with Crippen LogP contribution in [0.4, 0.5) is 0 Å². The molecular weight excluding hydrogens is 196 g/mol. The monoisotopic (exact) mass is 214 g/mol. The van der Waals surface area contributed by atoms with Crippen molar-refractivity contribution < 1.29 is 14.6 Å². The van der Waals surface area contributed by atoms with Crippen LogP contribution in [0.15, 0.2) is 0 Å². The summed E-state index contributed by atoms with van der Waals surface area (Å²) in [5, 5.41) is 8.70. The Morgan fingerprint density at radius 1 is 1.47 bits per heavy atom. The van der Waals surface area contributed by atoms with E-state index in [9.17, 15) is 4.79 Å². The van der Waals surface area contributed by atoms with Crippen LogP contribution in [0, 0.1) is 0 Å². The number of aliphatic carboxylic acids is 1. The minimum atomic E-state index is -0.771. The number of ether oxygens (including phenoxy) is 1. The first kappa shape index (κ1) is 10.9. The first-order chi connectivity index (χ1) is 7.15. The van der Waals surface area contributed by atoms with Gasteiger partial charge in [-0.15, -0.1) is 0 Å². The molecule has 0 radical (unpaired) electrons. The third kappa shape index (κ3) is 2.68. The van der Waals surface area contributed by atoms with Crippen molar-refractivity contribution in [3.8, 4) is 0 Å². The summed E-state index contributed by atoms with van der Waals surface area (Å²) in [5.41, 5.74) is 0. The number of likely N-dealkylation sites (tertiary alicyclic amines) is 1. The quantitative estimate of drug-likeness (QED) is 0.685. The molecule has 0 bridgehead atoms. The van der Waals surface area contributed by atoms with Crippen LogP contribution in [0.25, 0.3) is 0 Å². The number of hydrogen-bond donors (Lipinski definition) is 1. The largest absolute Gasteiger partial charge is 0.481 e. The Bertz CT molecular complexity index is 241. The van der Waals surface area contributed by atoms with Crippen LogP contribution in [0.2, 0.25) is 0 Å². The summed E-state index contributed by atoms with van der Waals surface area (Å²) in [4.78, 5) is 15.2. The van der Waals surface area contributed by atoms with Gasteiger partial charge in [-0.25, -0.2) is 0 Å². The first-order valence-electron chi connectivity index (χ1n) is 5.41. The van der Waals surface area contributed by atoms with Crippen molar-refractivity contribution in [3.63, 3.8) is 0 Å². The molecule has 2 heterocycles. The summed E-state index contributed by atoms with van der Waals surface area (Å²) in [6, 6.07) is 0.607. The molecule has 86 valence electrons. The zero-order valence-corrected chi connectivity index (χ0v) is 9.06. The van der Waals surface area contributed by atoms with E-state index >= 15 is 0 Å². The van der Waals surface area contributed by atoms with Crippen LogP contribution in [-0.4, -0.2) is 72.9 Å². The zero-order valence-electron chi connectivity index (χ0n) is 9.06. The highest BCUT2D eigenvalue weighted by Gasteiger charge is 2.33. The molecule has 0 aromatic carbocycles. The lowest BCUT2D eigenvalue weighted by molar-refractivity contribution is -0.143. The van der Waals surface area contributed by atoms with E-state index in [2.05, 4.69) is 16.8 Å². The summed E-state index contributed by atoms with van der Waals surface area (Å²) in [6.45, 7) is 4.57. The van der Waals surface area contributed by atoms with E-state index in [0.717, 1.165) is 26.2 Å². The van der Waals surface area contributed by atoms with E-state index in [1.165, 1.54) is 0 Å². The van der Waals surface area contributed by atoms with Crippen molar-refractivity contribution in [3.05, 3.63) is 0 Å². The van der Waals surface area contributed by atoms with Crippen molar-refractivity contribution in [2.24, 2.45) is 0 Å². The van der Waals surface area contributed by atoms with E-state index in [1.54, 1.807) is 0 Å². The highest BCUT2D eigenvalue weighted by molar-refractivity contribution is 5.67. The van der Waals surface area contributed by atoms with Crippen molar-refractivity contribution in [1.29, 1.82) is 0 Å². The fraction of sp³-hybridized carbons (Fsp3) is 0.900. The van der Waals surface area contributed by atoms with Gasteiger partial charge in [-0.2, -0.15) is 0 Å². The highest BCUT2D eigenvalue weighted by atomic mass is 16.5. The minimum Gasteiger partial charge on any atom is -0.481 e. The van der Waals surface area contributed by atoms with E-state index in [0.29, 0.717) is 12.6 Å². The van der Waals surface area contributed by atoms with Crippen LogP contribution in [0.3, 0.4) is 0 Å². The summed E-state index contributed by atoms with van der Waals surface area (Å²) in [7, 11) is 2.10. The Morgan fingerprint density at radius 2 is 2.20 bits per heavy atom. The molecule has 1 N–H and O–H groups in total. The van der Waals surface area contributed by atoms with Gasteiger partial charge in [0.15, 0.2) is 0 Å². The molecule has 2 aliphatic rings. The third-order valence-corrected chi connectivity index (χ3v) is 3.13. The fourth-order valence-electron chi connectivity index (χ4n) is 2.29. The number of carboxylic acid groups (broad SMARTS) is 1. The van der Waals surface area contributed by atoms with Crippen molar-refractivity contribution in [2.45, 2.75) is 18.6 Å². The predicted molar refractivity (Wildman–Crippen MR) is 54.9 cm³/mol. The average molecular weight is 214 g/mol. The Kier molecular flexibility index (Phi) is 3.23. The third-order valence-electron chi connectivity index (χ3n) is 3.13. The summed E-state index contributed by atoms with van der Waals surface area (Å²) >= 11 is 0. The summed E-state index contributed by atoms with van der Waals surface area (Å²) in [6.07, 6.45) is 0.00106. The standard InChI is InChI=1S/C10H18N2O3/c1-11-5-8(6-11)12-2-3-15-9(7-12)4-10(13)14/h8-9H,2-7H2,1H3,(H,13,14). The Morgan fingerprint density at radius 3 is 2.80 bits per heavy atom. The smallest absolute Gasteiger partial charge is 0.306 e. The summed E-state index contributed by atoms with van der Waals surface area (Å²) < 4.78 is 5.43. The SMILES string of the molecule is CN1CC(N2CCOC(CC(=O)O)C2)C1. The molecule has 0 aliphatic carbocycles. The molecule has 5 heteroatoms. The molecule has 0 aromatic heterocycles. The van der Waals surface area contributed by atoms with Gasteiger partial charge in [-0.05, 0) is 7.05 Å². The molecule has 1 atom stereocenters. The lowest BCUT2D eigenvalue weighted by atomic mass is 10.1. The van der Waals surface area contributed by atoms with Crippen LogP contribution in [-0.2, 0) is 9.53 Å². The van der Waals surface area contributed by atoms with Gasteiger partial charge in [-0.3, -0.25) is 9.69 Å². The lowest BCUT2D eigenvalue weighted by Gasteiger charge is -2.46. The van der Waals surface area contributed by atoms with E-state index in [1.807, 2.05) is 0 Å². The topological polar surface area (TPSA) is 53.0 Å². The second-order valence-corrected chi connectivity index (χ2v) is 4.46. The highest BCUT2D eigenvalue weighted by Crippen LogP contribution is 2.17. The van der Waals surface area contributed by atoms with Gasteiger partial charge in [0.1, 0.15) is 0 Å². The maximum absolute atomic E-state index is 10.6. The number of nitrogens with zero attached hydrogens (tertiary/aromatic N) is 2. The summed E-state index contributed by atoms with van der Waals surface area (Å²) in [5.74, 6) is -0.771. The van der Waals surface area contributed by atoms with Gasteiger partial charge in [0.25, 0.3) is 0 Å². The molecule has 0 aromatic rings. The van der Waals surface area contributed by atoms with Crippen molar-refractivity contribution >= 4 is 5.97 Å². The molecule has 5 nitrogen and oxygen atoms in total. The van der Waals surface area contributed by atoms with Crippen LogP contribution in [0.1, 0.15) is 6.42 Å². The zero-order chi connectivity index (χ0) is 10.8. The Balaban J connectivity index is 1.79. The molecule has 2 rings (SSSR count). The maximum Gasteiger partial charge on any atom is 0.306 e. The second-order valence-electron chi connectivity index (χ2n) is 4.46. The molecular formula is C10H18N2O3. The molecule has 0 spiro atoms. The average Bonchev–Trinajstić information content (AvgIpc) is 2.12. The number of rotatable bonds is 3. The molecule has 2 aliphatic heterocycles. The van der Waals surface area contributed by atoms with Gasteiger partial charge in [0.05, 0.1) is 19.1 Å².